The van der Waals surface area contributed by atoms with Crippen LogP contribution in [-0.4, -0.2) is 29.3 Å². The zero-order chi connectivity index (χ0) is 6.69. The Labute approximate surface area is 66.6 Å². The van der Waals surface area contributed by atoms with Gasteiger partial charge in [0.15, 0.2) is 0 Å². The molecule has 0 aliphatic carbocycles. The van der Waals surface area contributed by atoms with Crippen molar-refractivity contribution in [1.29, 1.82) is 0 Å². The highest BCUT2D eigenvalue weighted by Gasteiger charge is 2.24. The molecule has 1 saturated heterocycles. The summed E-state index contributed by atoms with van der Waals surface area (Å²) < 4.78 is 5.39. The minimum Gasteiger partial charge on any atom is -0.378 e. The first-order chi connectivity index (χ1) is 4.34. The predicted molar refractivity (Wildman–Crippen MR) is 40.5 cm³/mol. The number of rotatable bonds is 1. The molecule has 0 radical (unpaired) electrons. The zero-order valence-electron chi connectivity index (χ0n) is 4.71. The van der Waals surface area contributed by atoms with E-state index in [-0.39, 0.29) is 6.04 Å². The van der Waals surface area contributed by atoms with Gasteiger partial charge in [-0.3, -0.25) is 0 Å². The lowest BCUT2D eigenvalue weighted by Crippen LogP contribution is -2.14. The summed E-state index contributed by atoms with van der Waals surface area (Å²) in [7, 11) is 0. The molecule has 0 unspecified atom stereocenters. The van der Waals surface area contributed by atoms with E-state index in [9.17, 15) is 4.79 Å². The Kier molecular flexibility index (Phi) is 2.63. The number of carbonyl (C=O) groups excluding carboxylic acids is 1. The van der Waals surface area contributed by atoms with Crippen molar-refractivity contribution in [3.63, 3.8) is 0 Å². The SMILES string of the molecule is O=C=N[C@H]1COC[C@@H]1I. The third-order valence-electron chi connectivity index (χ3n) is 1.20. The normalized spacial score (nSPS) is 33.9. The molecule has 1 rings (SSSR count). The van der Waals surface area contributed by atoms with Gasteiger partial charge in [-0.05, 0) is 0 Å². The summed E-state index contributed by atoms with van der Waals surface area (Å²) in [5.74, 6) is 0. The molecule has 3 nitrogen and oxygen atoms in total. The van der Waals surface area contributed by atoms with Crippen LogP contribution in [0.4, 0.5) is 0 Å². The van der Waals surface area contributed by atoms with E-state index in [0.717, 1.165) is 0 Å². The summed E-state index contributed by atoms with van der Waals surface area (Å²) in [4.78, 5) is 13.3. The highest BCUT2D eigenvalue weighted by molar-refractivity contribution is 14.1. The van der Waals surface area contributed by atoms with Gasteiger partial charge in [-0.15, -0.1) is 0 Å². The summed E-state index contributed by atoms with van der Waals surface area (Å²) in [5, 5.41) is 0. The van der Waals surface area contributed by atoms with Crippen LogP contribution >= 0.6 is 22.6 Å². The first kappa shape index (κ1) is 7.18. The minimum atomic E-state index is 0.0445. The maximum Gasteiger partial charge on any atom is 0.235 e. The van der Waals surface area contributed by atoms with Crippen LogP contribution in [0.1, 0.15) is 0 Å². The first-order valence-corrected chi connectivity index (χ1v) is 3.88. The van der Waals surface area contributed by atoms with E-state index in [2.05, 4.69) is 27.6 Å². The van der Waals surface area contributed by atoms with Gasteiger partial charge >= 0.3 is 0 Å². The molecule has 0 amide bonds. The summed E-state index contributed by atoms with van der Waals surface area (Å²) in [5.41, 5.74) is 0. The molecule has 2 atom stereocenters. The van der Waals surface area contributed by atoms with Gasteiger partial charge in [-0.2, -0.15) is 4.99 Å². The van der Waals surface area contributed by atoms with Crippen LogP contribution in [0.15, 0.2) is 4.99 Å². The van der Waals surface area contributed by atoms with Crippen molar-refractivity contribution >= 4 is 28.7 Å². The Morgan fingerprint density at radius 3 is 2.89 bits per heavy atom. The van der Waals surface area contributed by atoms with Crippen molar-refractivity contribution in [2.24, 2.45) is 4.99 Å². The maximum atomic E-state index is 9.76. The Hall–Kier alpha value is 0.0700. The largest absolute Gasteiger partial charge is 0.378 e. The van der Waals surface area contributed by atoms with Gasteiger partial charge in [0.1, 0.15) is 0 Å². The van der Waals surface area contributed by atoms with Crippen molar-refractivity contribution in [1.82, 2.24) is 0 Å². The van der Waals surface area contributed by atoms with E-state index in [1.54, 1.807) is 0 Å². The van der Waals surface area contributed by atoms with Gasteiger partial charge in [0.2, 0.25) is 6.08 Å². The van der Waals surface area contributed by atoms with Gasteiger partial charge in [-0.25, -0.2) is 4.79 Å². The third kappa shape index (κ3) is 1.74. The summed E-state index contributed by atoms with van der Waals surface area (Å²) >= 11 is 2.22. The van der Waals surface area contributed by atoms with Crippen LogP contribution in [0.25, 0.3) is 0 Å². The summed E-state index contributed by atoms with van der Waals surface area (Å²) in [6.45, 7) is 1.28. The molecule has 0 saturated carbocycles. The van der Waals surface area contributed by atoms with Crippen molar-refractivity contribution in [2.75, 3.05) is 13.2 Å². The Balaban J connectivity index is 2.49. The lowest BCUT2D eigenvalue weighted by molar-refractivity contribution is 0.195. The van der Waals surface area contributed by atoms with Crippen molar-refractivity contribution in [2.45, 2.75) is 9.97 Å². The van der Waals surface area contributed by atoms with Crippen LogP contribution in [0.2, 0.25) is 0 Å². The van der Waals surface area contributed by atoms with Crippen LogP contribution in [0.3, 0.4) is 0 Å². The van der Waals surface area contributed by atoms with Gasteiger partial charge in [-0.1, -0.05) is 22.6 Å². The molecule has 0 aromatic carbocycles. The fourth-order valence-electron chi connectivity index (χ4n) is 0.703. The highest BCUT2D eigenvalue weighted by atomic mass is 127. The molecule has 0 aromatic heterocycles. The standard InChI is InChI=1S/C5H6INO2/c6-4-1-9-2-5(4)7-3-8/h4-5H,1-2H2/t4-,5-/m0/s1. The second-order valence-electron chi connectivity index (χ2n) is 1.84. The number of aliphatic imine (C=N–C) groups is 1. The Morgan fingerprint density at radius 2 is 2.44 bits per heavy atom. The maximum absolute atomic E-state index is 9.76. The Bertz CT molecular complexity index is 144. The molecule has 1 fully saturated rings. The van der Waals surface area contributed by atoms with E-state index in [4.69, 9.17) is 4.74 Å². The van der Waals surface area contributed by atoms with E-state index < -0.39 is 0 Å². The summed E-state index contributed by atoms with van der Waals surface area (Å²) in [6.07, 6.45) is 1.53. The van der Waals surface area contributed by atoms with Crippen molar-refractivity contribution in [3.8, 4) is 0 Å². The molecule has 50 valence electrons. The van der Waals surface area contributed by atoms with Gasteiger partial charge in [0.05, 0.1) is 23.2 Å². The van der Waals surface area contributed by atoms with Crippen molar-refractivity contribution in [3.05, 3.63) is 0 Å². The number of halogens is 1. The van der Waals surface area contributed by atoms with Crippen molar-refractivity contribution < 1.29 is 9.53 Å². The molecule has 0 N–H and O–H groups in total. The third-order valence-corrected chi connectivity index (χ3v) is 2.39. The molecule has 9 heavy (non-hydrogen) atoms. The second kappa shape index (κ2) is 3.29. The van der Waals surface area contributed by atoms with Crippen LogP contribution in [0, 0.1) is 0 Å². The molecular formula is C5H6INO2. The zero-order valence-corrected chi connectivity index (χ0v) is 6.87. The smallest absolute Gasteiger partial charge is 0.235 e. The van der Waals surface area contributed by atoms with Crippen LogP contribution < -0.4 is 0 Å². The topological polar surface area (TPSA) is 38.7 Å². The van der Waals surface area contributed by atoms with E-state index in [1.165, 1.54) is 6.08 Å². The quantitative estimate of drug-likeness (QED) is 0.289. The monoisotopic (exact) mass is 239 g/mol. The van der Waals surface area contributed by atoms with E-state index in [0.29, 0.717) is 17.1 Å². The summed E-state index contributed by atoms with van der Waals surface area (Å²) in [6, 6.07) is 0.0445. The second-order valence-corrected chi connectivity index (χ2v) is 3.44. The number of isocyanates is 1. The fraction of sp³-hybridized carbons (Fsp3) is 0.800. The molecule has 0 spiro atoms. The fourth-order valence-corrected chi connectivity index (χ4v) is 1.33. The molecule has 1 aliphatic heterocycles. The minimum absolute atomic E-state index is 0.0445. The van der Waals surface area contributed by atoms with Gasteiger partial charge < -0.3 is 4.74 Å². The number of ether oxygens (including phenoxy) is 1. The molecule has 0 aromatic rings. The highest BCUT2D eigenvalue weighted by Crippen LogP contribution is 2.16. The Morgan fingerprint density at radius 1 is 1.67 bits per heavy atom. The molecule has 1 heterocycles. The van der Waals surface area contributed by atoms with Gasteiger partial charge in [0, 0.05) is 0 Å². The number of hydrogen-bond acceptors (Lipinski definition) is 3. The first-order valence-electron chi connectivity index (χ1n) is 2.63. The number of nitrogens with zero attached hydrogens (tertiary/aromatic N) is 1. The molecule has 0 bridgehead atoms. The number of hydrogen-bond donors (Lipinski definition) is 0. The lowest BCUT2D eigenvalue weighted by atomic mass is 10.3. The van der Waals surface area contributed by atoms with Gasteiger partial charge in [0.25, 0.3) is 0 Å². The molecular weight excluding hydrogens is 233 g/mol. The van der Waals surface area contributed by atoms with Crippen LogP contribution in [-0.2, 0) is 9.53 Å². The van der Waals surface area contributed by atoms with E-state index in [1.807, 2.05) is 0 Å². The molecule has 1 aliphatic rings. The average Bonchev–Trinajstić information content (AvgIpc) is 2.18. The predicted octanol–water partition coefficient (Wildman–Crippen LogP) is 0.525. The lowest BCUT2D eigenvalue weighted by Gasteiger charge is -1.99. The van der Waals surface area contributed by atoms with Crippen LogP contribution in [0.5, 0.6) is 0 Å². The number of alkyl halides is 1. The average molecular weight is 239 g/mol. The molecule has 4 heteroatoms. The van der Waals surface area contributed by atoms with E-state index >= 15 is 0 Å².